The molecule has 1 atom stereocenters. The van der Waals surface area contributed by atoms with Crippen LogP contribution in [0, 0.1) is 5.92 Å². The lowest BCUT2D eigenvalue weighted by Gasteiger charge is -2.32. The smallest absolute Gasteiger partial charge is 0.306 e. The second-order valence-electron chi connectivity index (χ2n) is 10.7. The molecule has 4 aromatic rings. The van der Waals surface area contributed by atoms with Gasteiger partial charge in [-0.25, -0.2) is 4.98 Å². The first-order chi connectivity index (χ1) is 19.9. The highest BCUT2D eigenvalue weighted by Crippen LogP contribution is 2.29. The van der Waals surface area contributed by atoms with E-state index in [4.69, 9.17) is 9.97 Å². The van der Waals surface area contributed by atoms with Gasteiger partial charge in [0.15, 0.2) is 0 Å². The second kappa shape index (κ2) is 12.8. The average Bonchev–Trinajstić information content (AvgIpc) is 3.00. The maximum absolute atomic E-state index is 13.4. The summed E-state index contributed by atoms with van der Waals surface area (Å²) >= 11 is 0. The molecule has 212 valence electrons. The van der Waals surface area contributed by atoms with Crippen LogP contribution >= 0.6 is 0 Å². The first kappa shape index (κ1) is 28.1. The van der Waals surface area contributed by atoms with E-state index >= 15 is 0 Å². The summed E-state index contributed by atoms with van der Waals surface area (Å²) in [6.07, 6.45) is 1.51. The molecule has 3 aromatic carbocycles. The number of aromatic nitrogens is 2. The van der Waals surface area contributed by atoms with Gasteiger partial charge in [0.2, 0.25) is 11.9 Å². The fourth-order valence-electron chi connectivity index (χ4n) is 5.56. The molecule has 5 rings (SSSR count). The van der Waals surface area contributed by atoms with Crippen LogP contribution in [0.5, 0.6) is 0 Å². The minimum Gasteiger partial charge on any atom is -0.481 e. The predicted molar refractivity (Wildman–Crippen MR) is 163 cm³/mol. The van der Waals surface area contributed by atoms with Crippen molar-refractivity contribution in [2.45, 2.75) is 39.2 Å². The molecule has 1 aliphatic heterocycles. The number of aliphatic carboxylic acids is 1. The normalized spacial score (nSPS) is 14.5. The summed E-state index contributed by atoms with van der Waals surface area (Å²) < 4.78 is 0. The molecule has 0 bridgehead atoms. The van der Waals surface area contributed by atoms with Crippen LogP contribution in [0.2, 0.25) is 0 Å². The maximum Gasteiger partial charge on any atom is 0.306 e. The van der Waals surface area contributed by atoms with Crippen molar-refractivity contribution in [3.05, 3.63) is 84.4 Å². The first-order valence-corrected chi connectivity index (χ1v) is 14.3. The van der Waals surface area contributed by atoms with Crippen LogP contribution in [0.25, 0.3) is 22.0 Å². The van der Waals surface area contributed by atoms with Crippen LogP contribution in [0.3, 0.4) is 0 Å². The summed E-state index contributed by atoms with van der Waals surface area (Å²) in [5.41, 5.74) is 4.02. The summed E-state index contributed by atoms with van der Waals surface area (Å²) in [6, 6.07) is 26.0. The standard InChI is InChI=1S/C33H37N5O3/c1-3-37(30(39)21-26-13-7-8-14-27(26)24-11-5-4-6-12-24)22-23(2)34-33-35-29-16-10-9-15-28(29)31(36-33)38-19-17-25(18-20-38)32(40)41/h4-16,23,25H,3,17-22H2,1-2H3,(H,40,41)(H,34,35,36)/t23-/m0/s1. The Kier molecular flexibility index (Phi) is 8.77. The molecule has 41 heavy (non-hydrogen) atoms. The Morgan fingerprint density at radius 3 is 2.39 bits per heavy atom. The van der Waals surface area contributed by atoms with Crippen molar-refractivity contribution in [3.8, 4) is 11.1 Å². The Balaban J connectivity index is 1.29. The number of carboxylic acid groups (broad SMARTS) is 1. The number of rotatable bonds is 10. The van der Waals surface area contributed by atoms with Gasteiger partial charge in [0, 0.05) is 37.6 Å². The molecule has 1 fully saturated rings. The third-order valence-corrected chi connectivity index (χ3v) is 7.77. The van der Waals surface area contributed by atoms with Crippen molar-refractivity contribution in [1.29, 1.82) is 0 Å². The monoisotopic (exact) mass is 551 g/mol. The van der Waals surface area contributed by atoms with Crippen LogP contribution in [0.4, 0.5) is 11.8 Å². The number of benzene rings is 3. The van der Waals surface area contributed by atoms with Gasteiger partial charge in [-0.15, -0.1) is 0 Å². The van der Waals surface area contributed by atoms with Crippen LogP contribution < -0.4 is 10.2 Å². The second-order valence-corrected chi connectivity index (χ2v) is 10.7. The van der Waals surface area contributed by atoms with Crippen molar-refractivity contribution in [1.82, 2.24) is 14.9 Å². The first-order valence-electron chi connectivity index (χ1n) is 14.3. The Labute approximate surface area is 241 Å². The predicted octanol–water partition coefficient (Wildman–Crippen LogP) is 5.49. The summed E-state index contributed by atoms with van der Waals surface area (Å²) in [7, 11) is 0. The molecule has 1 amide bonds. The van der Waals surface area contributed by atoms with Crippen LogP contribution in [0.1, 0.15) is 32.3 Å². The molecule has 1 aliphatic rings. The largest absolute Gasteiger partial charge is 0.481 e. The Bertz CT molecular complexity index is 1500. The maximum atomic E-state index is 13.4. The number of amides is 1. The van der Waals surface area contributed by atoms with Gasteiger partial charge in [0.25, 0.3) is 0 Å². The number of nitrogens with zero attached hydrogens (tertiary/aromatic N) is 4. The molecule has 0 radical (unpaired) electrons. The van der Waals surface area contributed by atoms with E-state index in [2.05, 4.69) is 28.4 Å². The van der Waals surface area contributed by atoms with Gasteiger partial charge in [-0.1, -0.05) is 66.7 Å². The zero-order valence-electron chi connectivity index (χ0n) is 23.7. The lowest BCUT2D eigenvalue weighted by Crippen LogP contribution is -2.40. The van der Waals surface area contributed by atoms with Crippen LogP contribution in [0.15, 0.2) is 78.9 Å². The molecule has 2 N–H and O–H groups in total. The molecular formula is C33H37N5O3. The number of likely N-dealkylation sites (N-methyl/N-ethyl adjacent to an activating group) is 1. The quantitative estimate of drug-likeness (QED) is 0.269. The Morgan fingerprint density at radius 1 is 0.976 bits per heavy atom. The number of carboxylic acids is 1. The van der Waals surface area contributed by atoms with E-state index in [0.717, 1.165) is 33.4 Å². The Morgan fingerprint density at radius 2 is 1.66 bits per heavy atom. The third kappa shape index (κ3) is 6.65. The Hall–Kier alpha value is -4.46. The number of piperidine rings is 1. The van der Waals surface area contributed by atoms with Gasteiger partial charge in [-0.3, -0.25) is 9.59 Å². The molecule has 8 nitrogen and oxygen atoms in total. The van der Waals surface area contributed by atoms with E-state index < -0.39 is 5.97 Å². The van der Waals surface area contributed by atoms with E-state index in [9.17, 15) is 14.7 Å². The highest BCUT2D eigenvalue weighted by atomic mass is 16.4. The van der Waals surface area contributed by atoms with Gasteiger partial charge in [0.1, 0.15) is 5.82 Å². The van der Waals surface area contributed by atoms with E-state index in [1.807, 2.05) is 79.4 Å². The van der Waals surface area contributed by atoms with Crippen molar-refractivity contribution >= 4 is 34.5 Å². The summed E-state index contributed by atoms with van der Waals surface area (Å²) in [5, 5.41) is 13.8. The van der Waals surface area contributed by atoms with E-state index in [-0.39, 0.29) is 17.9 Å². The fraction of sp³-hybridized carbons (Fsp3) is 0.333. The van der Waals surface area contributed by atoms with Gasteiger partial charge >= 0.3 is 5.97 Å². The number of carbonyl (C=O) groups excluding carboxylic acids is 1. The number of para-hydroxylation sites is 1. The average molecular weight is 552 g/mol. The zero-order chi connectivity index (χ0) is 28.8. The van der Waals surface area contributed by atoms with Gasteiger partial charge in [0.05, 0.1) is 17.9 Å². The minimum absolute atomic E-state index is 0.0750. The number of carbonyl (C=O) groups is 2. The number of hydrogen-bond acceptors (Lipinski definition) is 6. The van der Waals surface area contributed by atoms with Crippen molar-refractivity contribution in [3.63, 3.8) is 0 Å². The fourth-order valence-corrected chi connectivity index (χ4v) is 5.56. The highest BCUT2D eigenvalue weighted by molar-refractivity contribution is 5.90. The molecule has 2 heterocycles. The van der Waals surface area contributed by atoms with Gasteiger partial charge in [-0.05, 0) is 55.5 Å². The number of fused-ring (bicyclic) bond motifs is 1. The molecule has 0 aliphatic carbocycles. The number of anilines is 2. The lowest BCUT2D eigenvalue weighted by molar-refractivity contribution is -0.142. The molecule has 8 heteroatoms. The molecule has 1 aromatic heterocycles. The van der Waals surface area contributed by atoms with Gasteiger partial charge in [-0.2, -0.15) is 4.98 Å². The number of hydrogen-bond donors (Lipinski definition) is 2. The minimum atomic E-state index is -0.730. The third-order valence-electron chi connectivity index (χ3n) is 7.77. The topological polar surface area (TPSA) is 98.7 Å². The molecule has 0 unspecified atom stereocenters. The number of nitrogens with one attached hydrogen (secondary N) is 1. The molecule has 0 saturated carbocycles. The molecule has 0 spiro atoms. The van der Waals surface area contributed by atoms with Crippen molar-refractivity contribution < 1.29 is 14.7 Å². The van der Waals surface area contributed by atoms with Crippen LogP contribution in [-0.4, -0.2) is 64.1 Å². The van der Waals surface area contributed by atoms with Gasteiger partial charge < -0.3 is 20.2 Å². The lowest BCUT2D eigenvalue weighted by atomic mass is 9.97. The summed E-state index contributed by atoms with van der Waals surface area (Å²) in [6.45, 7) is 6.41. The SMILES string of the molecule is CCN(C[C@H](C)Nc1nc(N2CCC(C(=O)O)CC2)c2ccccc2n1)C(=O)Cc1ccccc1-c1ccccc1. The molecular weight excluding hydrogens is 514 g/mol. The summed E-state index contributed by atoms with van der Waals surface area (Å²) in [5.74, 6) is 0.353. The summed E-state index contributed by atoms with van der Waals surface area (Å²) in [4.78, 5) is 38.6. The highest BCUT2D eigenvalue weighted by Gasteiger charge is 2.27. The van der Waals surface area contributed by atoms with E-state index in [1.54, 1.807) is 0 Å². The van der Waals surface area contributed by atoms with Crippen molar-refractivity contribution in [2.75, 3.05) is 36.4 Å². The molecule has 1 saturated heterocycles. The van der Waals surface area contributed by atoms with E-state index in [1.165, 1.54) is 0 Å². The zero-order valence-corrected chi connectivity index (χ0v) is 23.7. The van der Waals surface area contributed by atoms with Crippen molar-refractivity contribution in [2.24, 2.45) is 5.92 Å². The van der Waals surface area contributed by atoms with E-state index in [0.29, 0.717) is 51.4 Å². The van der Waals surface area contributed by atoms with Crippen LogP contribution in [-0.2, 0) is 16.0 Å².